The van der Waals surface area contributed by atoms with Gasteiger partial charge in [-0.2, -0.15) is 0 Å². The van der Waals surface area contributed by atoms with Crippen molar-refractivity contribution in [2.75, 3.05) is 6.61 Å². The smallest absolute Gasteiger partial charge is 0.329 e. The zero-order chi connectivity index (χ0) is 15.2. The van der Waals surface area contributed by atoms with Crippen molar-refractivity contribution >= 4 is 11.9 Å². The van der Waals surface area contributed by atoms with Crippen molar-refractivity contribution in [1.82, 2.24) is 5.32 Å². The van der Waals surface area contributed by atoms with Gasteiger partial charge in [-0.05, 0) is 38.0 Å². The van der Waals surface area contributed by atoms with Crippen LogP contribution in [0.1, 0.15) is 32.3 Å². The molecule has 0 bridgehead atoms. The summed E-state index contributed by atoms with van der Waals surface area (Å²) in [6.07, 6.45) is 0.448. The molecule has 20 heavy (non-hydrogen) atoms. The molecule has 0 spiro atoms. The first-order chi connectivity index (χ1) is 9.37. The molecule has 1 unspecified atom stereocenters. The van der Waals surface area contributed by atoms with Gasteiger partial charge in [0.2, 0.25) is 5.91 Å². The molecule has 0 aliphatic rings. The number of carbonyl (C=O) groups is 2. The van der Waals surface area contributed by atoms with E-state index in [0.717, 1.165) is 5.56 Å². The first-order valence-electron chi connectivity index (χ1n) is 6.61. The van der Waals surface area contributed by atoms with Crippen LogP contribution in [0.25, 0.3) is 0 Å². The van der Waals surface area contributed by atoms with Crippen molar-refractivity contribution in [3.63, 3.8) is 0 Å². The molecule has 0 aliphatic carbocycles. The summed E-state index contributed by atoms with van der Waals surface area (Å²) in [5, 5.41) is 11.6. The van der Waals surface area contributed by atoms with Gasteiger partial charge in [-0.3, -0.25) is 4.79 Å². The maximum atomic E-state index is 11.7. The van der Waals surface area contributed by atoms with Gasteiger partial charge in [0.15, 0.2) is 0 Å². The minimum absolute atomic E-state index is 0.122. The molecule has 5 heteroatoms. The van der Waals surface area contributed by atoms with Gasteiger partial charge >= 0.3 is 5.97 Å². The number of aliphatic carboxylic acids is 1. The highest BCUT2D eigenvalue weighted by Gasteiger charge is 2.32. The Morgan fingerprint density at radius 1 is 1.40 bits per heavy atom. The monoisotopic (exact) mass is 279 g/mol. The second-order valence-electron chi connectivity index (χ2n) is 4.95. The third kappa shape index (κ3) is 4.57. The summed E-state index contributed by atoms with van der Waals surface area (Å²) >= 11 is 0. The van der Waals surface area contributed by atoms with Gasteiger partial charge in [0.25, 0.3) is 0 Å². The van der Waals surface area contributed by atoms with E-state index in [0.29, 0.717) is 12.2 Å². The molecular formula is C15H21NO4. The number of carboxylic acids is 1. The highest BCUT2D eigenvalue weighted by molar-refractivity contribution is 5.86. The van der Waals surface area contributed by atoms with Gasteiger partial charge in [0.1, 0.15) is 11.3 Å². The highest BCUT2D eigenvalue weighted by atomic mass is 16.5. The van der Waals surface area contributed by atoms with Gasteiger partial charge in [-0.15, -0.1) is 0 Å². The van der Waals surface area contributed by atoms with Gasteiger partial charge < -0.3 is 15.2 Å². The molecule has 0 saturated carbocycles. The molecule has 0 aliphatic heterocycles. The molecule has 0 saturated heterocycles. The fraction of sp³-hybridized carbons (Fsp3) is 0.467. The van der Waals surface area contributed by atoms with Crippen LogP contribution in [0.4, 0.5) is 0 Å². The van der Waals surface area contributed by atoms with E-state index < -0.39 is 11.5 Å². The molecule has 1 rings (SSSR count). The molecular weight excluding hydrogens is 258 g/mol. The van der Waals surface area contributed by atoms with Crippen molar-refractivity contribution in [1.29, 1.82) is 0 Å². The van der Waals surface area contributed by atoms with E-state index >= 15 is 0 Å². The molecule has 5 nitrogen and oxygen atoms in total. The minimum atomic E-state index is -1.22. The average molecular weight is 279 g/mol. The summed E-state index contributed by atoms with van der Waals surface area (Å²) in [5.74, 6) is -0.661. The van der Waals surface area contributed by atoms with E-state index in [1.807, 2.05) is 31.2 Å². The van der Waals surface area contributed by atoms with E-state index in [1.54, 1.807) is 6.92 Å². The quantitative estimate of drug-likeness (QED) is 0.801. The lowest BCUT2D eigenvalue weighted by molar-refractivity contribution is -0.147. The zero-order valence-corrected chi connectivity index (χ0v) is 12.1. The lowest BCUT2D eigenvalue weighted by Gasteiger charge is -2.24. The van der Waals surface area contributed by atoms with Crippen LogP contribution in [0.2, 0.25) is 0 Å². The molecule has 1 aromatic carbocycles. The molecule has 110 valence electrons. The van der Waals surface area contributed by atoms with Crippen molar-refractivity contribution in [2.45, 2.75) is 39.2 Å². The van der Waals surface area contributed by atoms with Crippen LogP contribution in [-0.2, 0) is 9.59 Å². The third-order valence-electron chi connectivity index (χ3n) is 3.18. The Bertz CT molecular complexity index is 487. The normalized spacial score (nSPS) is 13.3. The molecule has 0 aromatic heterocycles. The molecule has 1 atom stereocenters. The van der Waals surface area contributed by atoms with Crippen molar-refractivity contribution in [3.05, 3.63) is 29.8 Å². The van der Waals surface area contributed by atoms with Gasteiger partial charge in [-0.1, -0.05) is 19.1 Å². The SMILES string of the molecule is CCC(C)(NC(=O)CCOc1cccc(C)c1)C(=O)O. The Labute approximate surface area is 118 Å². The second kappa shape index (κ2) is 6.93. The van der Waals surface area contributed by atoms with Gasteiger partial charge in [-0.25, -0.2) is 4.79 Å². The Kier molecular flexibility index (Phi) is 5.55. The lowest BCUT2D eigenvalue weighted by atomic mass is 9.99. The van der Waals surface area contributed by atoms with Crippen LogP contribution >= 0.6 is 0 Å². The Balaban J connectivity index is 2.42. The number of hydrogen-bond donors (Lipinski definition) is 2. The van der Waals surface area contributed by atoms with Crippen LogP contribution in [0, 0.1) is 6.92 Å². The van der Waals surface area contributed by atoms with Crippen molar-refractivity contribution in [3.8, 4) is 5.75 Å². The van der Waals surface area contributed by atoms with Crippen LogP contribution in [-0.4, -0.2) is 29.1 Å². The number of ether oxygens (including phenoxy) is 1. The largest absolute Gasteiger partial charge is 0.493 e. The predicted molar refractivity (Wildman–Crippen MR) is 75.8 cm³/mol. The number of amides is 1. The summed E-state index contributed by atoms with van der Waals surface area (Å²) in [7, 11) is 0. The summed E-state index contributed by atoms with van der Waals surface area (Å²) in [6.45, 7) is 5.39. The standard InChI is InChI=1S/C15H21NO4/c1-4-15(3,14(18)19)16-13(17)8-9-20-12-7-5-6-11(2)10-12/h5-7,10H,4,8-9H2,1-3H3,(H,16,17)(H,18,19). The van der Waals surface area contributed by atoms with Crippen molar-refractivity contribution < 1.29 is 19.4 Å². The molecule has 0 fully saturated rings. The summed E-state index contributed by atoms with van der Waals surface area (Å²) in [6, 6.07) is 7.53. The number of rotatable bonds is 7. The second-order valence-corrected chi connectivity index (χ2v) is 4.95. The molecule has 1 aromatic rings. The Morgan fingerprint density at radius 2 is 2.10 bits per heavy atom. The number of carbonyl (C=O) groups excluding carboxylic acids is 1. The minimum Gasteiger partial charge on any atom is -0.493 e. The number of carboxylic acid groups (broad SMARTS) is 1. The van der Waals surface area contributed by atoms with E-state index in [2.05, 4.69) is 5.32 Å². The van der Waals surface area contributed by atoms with Crippen LogP contribution in [0.5, 0.6) is 5.75 Å². The molecule has 0 heterocycles. The fourth-order valence-electron chi connectivity index (χ4n) is 1.63. The first kappa shape index (κ1) is 16.0. The Morgan fingerprint density at radius 3 is 2.65 bits per heavy atom. The third-order valence-corrected chi connectivity index (χ3v) is 3.18. The molecule has 1 amide bonds. The highest BCUT2D eigenvalue weighted by Crippen LogP contribution is 2.13. The van der Waals surface area contributed by atoms with E-state index in [4.69, 9.17) is 9.84 Å². The topological polar surface area (TPSA) is 75.6 Å². The molecule has 2 N–H and O–H groups in total. The van der Waals surface area contributed by atoms with Crippen molar-refractivity contribution in [2.24, 2.45) is 0 Å². The van der Waals surface area contributed by atoms with Crippen LogP contribution in [0.15, 0.2) is 24.3 Å². The predicted octanol–water partition coefficient (Wildman–Crippen LogP) is 2.13. The molecule has 0 radical (unpaired) electrons. The fourth-order valence-corrected chi connectivity index (χ4v) is 1.63. The van der Waals surface area contributed by atoms with Gasteiger partial charge in [0.05, 0.1) is 13.0 Å². The first-order valence-corrected chi connectivity index (χ1v) is 6.61. The van der Waals surface area contributed by atoms with E-state index in [9.17, 15) is 9.59 Å². The van der Waals surface area contributed by atoms with Gasteiger partial charge in [0, 0.05) is 0 Å². The number of benzene rings is 1. The maximum Gasteiger partial charge on any atom is 0.329 e. The average Bonchev–Trinajstić information content (AvgIpc) is 2.38. The lowest BCUT2D eigenvalue weighted by Crippen LogP contribution is -2.51. The Hall–Kier alpha value is -2.04. The maximum absolute atomic E-state index is 11.7. The van der Waals surface area contributed by atoms with Crippen LogP contribution in [0.3, 0.4) is 0 Å². The summed E-state index contributed by atoms with van der Waals surface area (Å²) in [5.41, 5.74) is -0.142. The van der Waals surface area contributed by atoms with E-state index in [-0.39, 0.29) is 18.9 Å². The summed E-state index contributed by atoms with van der Waals surface area (Å²) < 4.78 is 5.46. The van der Waals surface area contributed by atoms with Crippen LogP contribution < -0.4 is 10.1 Å². The van der Waals surface area contributed by atoms with E-state index in [1.165, 1.54) is 6.92 Å². The number of hydrogen-bond acceptors (Lipinski definition) is 3. The zero-order valence-electron chi connectivity index (χ0n) is 12.1. The number of nitrogens with one attached hydrogen (secondary N) is 1. The number of aryl methyl sites for hydroxylation is 1. The summed E-state index contributed by atoms with van der Waals surface area (Å²) in [4.78, 5) is 22.8.